The first-order valence-corrected chi connectivity index (χ1v) is 6.08. The lowest BCUT2D eigenvalue weighted by Gasteiger charge is -2.22. The minimum atomic E-state index is -0.809. The van der Waals surface area contributed by atoms with E-state index in [0.717, 1.165) is 11.3 Å². The van der Waals surface area contributed by atoms with E-state index in [0.29, 0.717) is 19.6 Å². The molecule has 1 N–H and O–H groups in total. The predicted octanol–water partition coefficient (Wildman–Crippen LogP) is 1.85. The van der Waals surface area contributed by atoms with Crippen LogP contribution < -0.4 is 4.74 Å². The van der Waals surface area contributed by atoms with E-state index in [2.05, 4.69) is 5.92 Å². The second-order valence-corrected chi connectivity index (χ2v) is 4.46. The van der Waals surface area contributed by atoms with Gasteiger partial charge in [0.05, 0.1) is 19.6 Å². The third-order valence-corrected chi connectivity index (χ3v) is 2.83. The van der Waals surface area contributed by atoms with E-state index in [-0.39, 0.29) is 0 Å². The first-order valence-electron chi connectivity index (χ1n) is 6.08. The highest BCUT2D eigenvalue weighted by molar-refractivity contribution is 5.69. The molecule has 4 heteroatoms. The van der Waals surface area contributed by atoms with Gasteiger partial charge < -0.3 is 9.84 Å². The largest absolute Gasteiger partial charge is 0.497 e. The summed E-state index contributed by atoms with van der Waals surface area (Å²) < 4.78 is 5.09. The lowest BCUT2D eigenvalue weighted by molar-refractivity contribution is -0.141. The molecule has 0 amide bonds. The number of ether oxygens (including phenoxy) is 1. The molecule has 0 saturated heterocycles. The number of terminal acetylenes is 1. The molecule has 1 atom stereocenters. The first-order chi connectivity index (χ1) is 9.06. The van der Waals surface area contributed by atoms with E-state index in [1.807, 2.05) is 29.2 Å². The standard InChI is InChI=1S/C15H19NO3/c1-4-9-16(10-12(2)15(17)18)11-13-5-7-14(19-3)8-6-13/h1,5-8,12H,9-11H2,2-3H3,(H,17,18). The Hall–Kier alpha value is -1.99. The van der Waals surface area contributed by atoms with Crippen molar-refractivity contribution in [2.24, 2.45) is 5.92 Å². The molecule has 0 bridgehead atoms. The van der Waals surface area contributed by atoms with Gasteiger partial charge >= 0.3 is 5.97 Å². The molecule has 19 heavy (non-hydrogen) atoms. The number of nitrogens with zero attached hydrogens (tertiary/aromatic N) is 1. The quantitative estimate of drug-likeness (QED) is 0.761. The topological polar surface area (TPSA) is 49.8 Å². The first kappa shape index (κ1) is 15.1. The van der Waals surface area contributed by atoms with Gasteiger partial charge in [0, 0.05) is 13.1 Å². The van der Waals surface area contributed by atoms with Crippen molar-refractivity contribution in [3.8, 4) is 18.1 Å². The summed E-state index contributed by atoms with van der Waals surface area (Å²) in [6, 6.07) is 7.66. The minimum absolute atomic E-state index is 0.434. The van der Waals surface area contributed by atoms with Gasteiger partial charge in [-0.1, -0.05) is 25.0 Å². The molecule has 0 radical (unpaired) electrons. The number of rotatable bonds is 7. The van der Waals surface area contributed by atoms with Crippen molar-refractivity contribution in [3.05, 3.63) is 29.8 Å². The SMILES string of the molecule is C#CCN(Cc1ccc(OC)cc1)CC(C)C(=O)O. The van der Waals surface area contributed by atoms with Gasteiger partial charge in [-0.25, -0.2) is 0 Å². The summed E-state index contributed by atoms with van der Waals surface area (Å²) in [5.41, 5.74) is 1.08. The zero-order valence-corrected chi connectivity index (χ0v) is 11.3. The Morgan fingerprint density at radius 3 is 2.58 bits per heavy atom. The van der Waals surface area contributed by atoms with E-state index in [4.69, 9.17) is 16.3 Å². The van der Waals surface area contributed by atoms with Crippen LogP contribution in [0.25, 0.3) is 0 Å². The molecule has 1 aromatic carbocycles. The summed E-state index contributed by atoms with van der Waals surface area (Å²) in [5.74, 6) is 2.11. The van der Waals surface area contributed by atoms with Gasteiger partial charge in [0.15, 0.2) is 0 Å². The number of carboxylic acid groups (broad SMARTS) is 1. The maximum atomic E-state index is 10.9. The lowest BCUT2D eigenvalue weighted by atomic mass is 10.1. The number of hydrogen-bond acceptors (Lipinski definition) is 3. The van der Waals surface area contributed by atoms with E-state index < -0.39 is 11.9 Å². The van der Waals surface area contributed by atoms with Crippen LogP contribution in [0.1, 0.15) is 12.5 Å². The molecule has 0 aliphatic heterocycles. The number of carbonyl (C=O) groups is 1. The molecule has 1 unspecified atom stereocenters. The highest BCUT2D eigenvalue weighted by Crippen LogP contribution is 2.13. The molecule has 0 heterocycles. The average molecular weight is 261 g/mol. The van der Waals surface area contributed by atoms with Crippen molar-refractivity contribution in [1.82, 2.24) is 4.90 Å². The number of methoxy groups -OCH3 is 1. The molecule has 1 rings (SSSR count). The van der Waals surface area contributed by atoms with E-state index in [9.17, 15) is 4.79 Å². The Kier molecular flexibility index (Phi) is 5.91. The van der Waals surface area contributed by atoms with Gasteiger partial charge in [-0.05, 0) is 17.7 Å². The molecule has 0 spiro atoms. The highest BCUT2D eigenvalue weighted by Gasteiger charge is 2.15. The van der Waals surface area contributed by atoms with Crippen molar-refractivity contribution in [3.63, 3.8) is 0 Å². The molecular weight excluding hydrogens is 242 g/mol. The number of aliphatic carboxylic acids is 1. The maximum Gasteiger partial charge on any atom is 0.307 e. The Bertz CT molecular complexity index is 447. The number of carboxylic acids is 1. The van der Waals surface area contributed by atoms with Crippen LogP contribution in [0.15, 0.2) is 24.3 Å². The zero-order chi connectivity index (χ0) is 14.3. The third kappa shape index (κ3) is 5.02. The third-order valence-electron chi connectivity index (χ3n) is 2.83. The summed E-state index contributed by atoms with van der Waals surface area (Å²) in [7, 11) is 1.62. The number of benzene rings is 1. The molecule has 0 aliphatic rings. The maximum absolute atomic E-state index is 10.9. The summed E-state index contributed by atoms with van der Waals surface area (Å²) >= 11 is 0. The van der Waals surface area contributed by atoms with Gasteiger partial charge in [-0.2, -0.15) is 0 Å². The number of hydrogen-bond donors (Lipinski definition) is 1. The van der Waals surface area contributed by atoms with Crippen LogP contribution in [0, 0.1) is 18.3 Å². The molecule has 102 valence electrons. The van der Waals surface area contributed by atoms with Crippen molar-refractivity contribution in [1.29, 1.82) is 0 Å². The molecule has 0 saturated carbocycles. The molecular formula is C15H19NO3. The average Bonchev–Trinajstić information content (AvgIpc) is 2.39. The monoisotopic (exact) mass is 261 g/mol. The molecule has 1 aromatic rings. The van der Waals surface area contributed by atoms with Crippen molar-refractivity contribution in [2.75, 3.05) is 20.2 Å². The van der Waals surface area contributed by atoms with Crippen LogP contribution in [0.4, 0.5) is 0 Å². The van der Waals surface area contributed by atoms with Gasteiger partial charge in [-0.3, -0.25) is 9.69 Å². The Morgan fingerprint density at radius 2 is 2.11 bits per heavy atom. The van der Waals surface area contributed by atoms with Gasteiger partial charge in [0.2, 0.25) is 0 Å². The summed E-state index contributed by atoms with van der Waals surface area (Å²) in [6.07, 6.45) is 5.32. The Labute approximate surface area is 114 Å². The zero-order valence-electron chi connectivity index (χ0n) is 11.3. The fourth-order valence-corrected chi connectivity index (χ4v) is 1.77. The minimum Gasteiger partial charge on any atom is -0.497 e. The van der Waals surface area contributed by atoms with Crippen LogP contribution in [-0.4, -0.2) is 36.2 Å². The van der Waals surface area contributed by atoms with E-state index >= 15 is 0 Å². The summed E-state index contributed by atoms with van der Waals surface area (Å²) in [4.78, 5) is 12.8. The smallest absolute Gasteiger partial charge is 0.307 e. The van der Waals surface area contributed by atoms with E-state index in [1.165, 1.54) is 0 Å². The molecule has 0 fully saturated rings. The lowest BCUT2D eigenvalue weighted by Crippen LogP contribution is -2.31. The summed E-state index contributed by atoms with van der Waals surface area (Å²) in [5, 5.41) is 8.94. The van der Waals surface area contributed by atoms with Crippen molar-refractivity contribution in [2.45, 2.75) is 13.5 Å². The predicted molar refractivity (Wildman–Crippen MR) is 73.9 cm³/mol. The molecule has 4 nitrogen and oxygen atoms in total. The second-order valence-electron chi connectivity index (χ2n) is 4.46. The second kappa shape index (κ2) is 7.45. The Morgan fingerprint density at radius 1 is 1.47 bits per heavy atom. The van der Waals surface area contributed by atoms with Crippen LogP contribution in [0.5, 0.6) is 5.75 Å². The van der Waals surface area contributed by atoms with Gasteiger partial charge in [0.25, 0.3) is 0 Å². The highest BCUT2D eigenvalue weighted by atomic mass is 16.5. The van der Waals surface area contributed by atoms with Crippen LogP contribution in [0.2, 0.25) is 0 Å². The van der Waals surface area contributed by atoms with Crippen molar-refractivity contribution < 1.29 is 14.6 Å². The van der Waals surface area contributed by atoms with Gasteiger partial charge in [-0.15, -0.1) is 6.42 Å². The van der Waals surface area contributed by atoms with Crippen LogP contribution >= 0.6 is 0 Å². The van der Waals surface area contributed by atoms with Crippen molar-refractivity contribution >= 4 is 5.97 Å². The summed E-state index contributed by atoms with van der Waals surface area (Å²) in [6.45, 7) is 3.18. The van der Waals surface area contributed by atoms with Crippen LogP contribution in [0.3, 0.4) is 0 Å². The fourth-order valence-electron chi connectivity index (χ4n) is 1.77. The normalized spacial score (nSPS) is 11.9. The molecule has 0 aliphatic carbocycles. The van der Waals surface area contributed by atoms with Crippen LogP contribution in [-0.2, 0) is 11.3 Å². The van der Waals surface area contributed by atoms with E-state index in [1.54, 1.807) is 14.0 Å². The fraction of sp³-hybridized carbons (Fsp3) is 0.400. The Balaban J connectivity index is 2.66. The van der Waals surface area contributed by atoms with Gasteiger partial charge in [0.1, 0.15) is 5.75 Å². The molecule has 0 aromatic heterocycles.